The molecule has 3 nitrogen and oxygen atoms in total. The van der Waals surface area contributed by atoms with E-state index >= 15 is 0 Å². The van der Waals surface area contributed by atoms with E-state index in [9.17, 15) is 9.90 Å². The lowest BCUT2D eigenvalue weighted by Gasteiger charge is -2.43. The van der Waals surface area contributed by atoms with Crippen LogP contribution in [0.2, 0.25) is 5.04 Å². The Morgan fingerprint density at radius 3 is 2.14 bits per heavy atom. The van der Waals surface area contributed by atoms with Crippen LogP contribution < -0.4 is 10.4 Å². The fourth-order valence-electron chi connectivity index (χ4n) is 4.64. The van der Waals surface area contributed by atoms with Crippen molar-refractivity contribution in [2.75, 3.05) is 6.61 Å². The molecule has 0 aliphatic heterocycles. The van der Waals surface area contributed by atoms with Gasteiger partial charge in [-0.15, -0.1) is 0 Å². The highest BCUT2D eigenvalue weighted by Gasteiger charge is 2.49. The minimum atomic E-state index is -2.56. The summed E-state index contributed by atoms with van der Waals surface area (Å²) in [6.07, 6.45) is 4.92. The molecule has 36 heavy (non-hydrogen) atoms. The number of ketones is 1. The van der Waals surface area contributed by atoms with E-state index in [2.05, 4.69) is 98.0 Å². The molecule has 0 amide bonds. The van der Waals surface area contributed by atoms with Crippen LogP contribution in [-0.4, -0.2) is 31.9 Å². The Bertz CT molecular complexity index is 1080. The molecule has 5 heteroatoms. The Labute approximate surface area is 230 Å². The average Bonchev–Trinajstić information content (AvgIpc) is 2.86. The van der Waals surface area contributed by atoms with Crippen LogP contribution in [-0.2, 0) is 15.6 Å². The molecule has 0 aromatic heterocycles. The minimum absolute atomic E-state index is 0.0384. The number of hydrogen-bond donors (Lipinski definition) is 1. The van der Waals surface area contributed by atoms with Crippen molar-refractivity contribution in [1.82, 2.24) is 0 Å². The second-order valence-electron chi connectivity index (χ2n) is 10.2. The summed E-state index contributed by atoms with van der Waals surface area (Å²) in [6.45, 7) is 7.34. The van der Waals surface area contributed by atoms with Gasteiger partial charge in [-0.25, -0.2) is 0 Å². The maximum atomic E-state index is 12.3. The Hall–Kier alpha value is -2.06. The molecule has 1 unspecified atom stereocenters. The molecule has 0 heterocycles. The Kier molecular flexibility index (Phi) is 10.7. The first-order valence-electron chi connectivity index (χ1n) is 12.6. The van der Waals surface area contributed by atoms with Crippen molar-refractivity contribution in [3.63, 3.8) is 0 Å². The van der Waals surface area contributed by atoms with Crippen molar-refractivity contribution < 1.29 is 14.3 Å². The van der Waals surface area contributed by atoms with E-state index in [0.717, 1.165) is 5.56 Å². The van der Waals surface area contributed by atoms with E-state index in [1.165, 1.54) is 20.0 Å². The zero-order valence-electron chi connectivity index (χ0n) is 21.5. The molecule has 3 aromatic rings. The molecule has 3 aromatic carbocycles. The maximum absolute atomic E-state index is 12.3. The molecular formula is C31H37IO3Si. The zero-order valence-corrected chi connectivity index (χ0v) is 24.6. The van der Waals surface area contributed by atoms with E-state index in [4.69, 9.17) is 4.43 Å². The summed E-state index contributed by atoms with van der Waals surface area (Å²) in [5.41, 5.74) is 1.16. The van der Waals surface area contributed by atoms with Gasteiger partial charge in [0.25, 0.3) is 8.32 Å². The number of hydrogen-bond acceptors (Lipinski definition) is 3. The smallest absolute Gasteiger partial charge is 0.261 e. The van der Waals surface area contributed by atoms with Crippen LogP contribution in [0.1, 0.15) is 45.6 Å². The van der Waals surface area contributed by atoms with Crippen molar-refractivity contribution in [2.45, 2.75) is 57.6 Å². The molecule has 0 spiro atoms. The highest BCUT2D eigenvalue weighted by molar-refractivity contribution is 14.1. The van der Waals surface area contributed by atoms with Gasteiger partial charge in [0, 0.05) is 16.6 Å². The second-order valence-corrected chi connectivity index (χ2v) is 15.7. The number of carbonyl (C=O) groups is 1. The first-order valence-corrected chi connectivity index (χ1v) is 15.6. The van der Waals surface area contributed by atoms with E-state index in [0.29, 0.717) is 32.3 Å². The molecule has 3 rings (SSSR count). The number of carbonyl (C=O) groups excluding carboxylic acids is 1. The molecule has 0 fully saturated rings. The summed E-state index contributed by atoms with van der Waals surface area (Å²) >= 11 is 2.28. The lowest BCUT2D eigenvalue weighted by atomic mass is 10.1. The van der Waals surface area contributed by atoms with Gasteiger partial charge in [-0.05, 0) is 81.0 Å². The third kappa shape index (κ3) is 7.72. The zero-order chi connectivity index (χ0) is 26.0. The predicted molar refractivity (Wildman–Crippen MR) is 160 cm³/mol. The van der Waals surface area contributed by atoms with Crippen molar-refractivity contribution in [1.29, 1.82) is 0 Å². The number of aliphatic hydroxyl groups excluding tert-OH is 1. The summed E-state index contributed by atoms with van der Waals surface area (Å²) in [4.78, 5) is 12.3. The van der Waals surface area contributed by atoms with Gasteiger partial charge in [0.15, 0.2) is 5.78 Å². The average molecular weight is 613 g/mol. The largest absolute Gasteiger partial charge is 0.407 e. The normalized spacial score (nSPS) is 13.1. The maximum Gasteiger partial charge on any atom is 0.261 e. The van der Waals surface area contributed by atoms with Crippen molar-refractivity contribution in [2.24, 2.45) is 0 Å². The fraction of sp³-hybridized carbons (Fsp3) is 0.323. The van der Waals surface area contributed by atoms with Crippen molar-refractivity contribution in [3.05, 3.63) is 106 Å². The third-order valence-electron chi connectivity index (χ3n) is 6.43. The molecule has 0 aliphatic rings. The summed E-state index contributed by atoms with van der Waals surface area (Å²) in [6, 6.07) is 29.3. The van der Waals surface area contributed by atoms with Gasteiger partial charge in [0.2, 0.25) is 0 Å². The molecule has 0 saturated carbocycles. The predicted octanol–water partition coefficient (Wildman–Crippen LogP) is 6.07. The third-order valence-corrected chi connectivity index (χ3v) is 12.1. The summed E-state index contributed by atoms with van der Waals surface area (Å²) in [5, 5.41) is 12.9. The molecule has 190 valence electrons. The fourth-order valence-corrected chi connectivity index (χ4v) is 9.85. The van der Waals surface area contributed by atoms with Crippen molar-refractivity contribution in [3.8, 4) is 0 Å². The Morgan fingerprint density at radius 1 is 0.972 bits per heavy atom. The Balaban J connectivity index is 1.59. The van der Waals surface area contributed by atoms with Crippen LogP contribution in [0, 0.1) is 3.57 Å². The summed E-state index contributed by atoms with van der Waals surface area (Å²) < 4.78 is 8.05. The molecule has 1 atom stereocenters. The lowest BCUT2D eigenvalue weighted by Crippen LogP contribution is -2.66. The second kappa shape index (κ2) is 13.5. The van der Waals surface area contributed by atoms with E-state index in [-0.39, 0.29) is 10.8 Å². The first-order chi connectivity index (χ1) is 17.2. The van der Waals surface area contributed by atoms with Gasteiger partial charge < -0.3 is 9.53 Å². The van der Waals surface area contributed by atoms with Crippen LogP contribution in [0.25, 0.3) is 0 Å². The number of benzene rings is 3. The van der Waals surface area contributed by atoms with Crippen molar-refractivity contribution >= 4 is 47.1 Å². The standard InChI is InChI=1S/C31H37IO3Si/c1-31(2,3)36(29-15-6-4-7-16-29,30-17-8-5-9-18-30)35-23-11-14-27(33)21-22-28(34)20-19-25-12-10-13-26(32)24-25/h4-10,12-13,15-18,21-22,24,27,33H,11,14,19-20,23H2,1-3H3. The lowest BCUT2D eigenvalue weighted by molar-refractivity contribution is -0.114. The van der Waals surface area contributed by atoms with Gasteiger partial charge >= 0.3 is 0 Å². The number of halogens is 1. The van der Waals surface area contributed by atoms with Crippen LogP contribution in [0.5, 0.6) is 0 Å². The SMILES string of the molecule is CC(C)(C)[Si](OCCCC(O)C=CC(=O)CCc1cccc(I)c1)(c1ccccc1)c1ccccc1. The van der Waals surface area contributed by atoms with Crippen LogP contribution >= 0.6 is 22.6 Å². The monoisotopic (exact) mass is 612 g/mol. The Morgan fingerprint density at radius 2 is 1.58 bits per heavy atom. The molecule has 1 N–H and O–H groups in total. The van der Waals surface area contributed by atoms with E-state index in [1.807, 2.05) is 30.3 Å². The summed E-state index contributed by atoms with van der Waals surface area (Å²) in [7, 11) is -2.56. The molecule has 0 saturated heterocycles. The molecule has 0 radical (unpaired) electrons. The molecule has 0 aliphatic carbocycles. The van der Waals surface area contributed by atoms with E-state index in [1.54, 1.807) is 6.08 Å². The van der Waals surface area contributed by atoms with Gasteiger partial charge in [-0.1, -0.05) is 99.6 Å². The molecular weight excluding hydrogens is 575 g/mol. The van der Waals surface area contributed by atoms with Crippen LogP contribution in [0.4, 0.5) is 0 Å². The number of aliphatic hydroxyl groups is 1. The number of allylic oxidation sites excluding steroid dienone is 1. The van der Waals surface area contributed by atoms with Gasteiger partial charge in [0.05, 0.1) is 6.10 Å². The topological polar surface area (TPSA) is 46.5 Å². The highest BCUT2D eigenvalue weighted by Crippen LogP contribution is 2.36. The highest BCUT2D eigenvalue weighted by atomic mass is 127. The first kappa shape index (κ1) is 28.5. The van der Waals surface area contributed by atoms with Crippen LogP contribution in [0.3, 0.4) is 0 Å². The van der Waals surface area contributed by atoms with Crippen LogP contribution in [0.15, 0.2) is 97.1 Å². The van der Waals surface area contributed by atoms with Gasteiger partial charge in [-0.2, -0.15) is 0 Å². The summed E-state index contributed by atoms with van der Waals surface area (Å²) in [5.74, 6) is 0.0384. The van der Waals surface area contributed by atoms with E-state index < -0.39 is 14.4 Å². The number of rotatable bonds is 12. The van der Waals surface area contributed by atoms with Gasteiger partial charge in [0.1, 0.15) is 0 Å². The quantitative estimate of drug-likeness (QED) is 0.117. The number of aryl methyl sites for hydroxylation is 1. The minimum Gasteiger partial charge on any atom is -0.407 e. The molecule has 0 bridgehead atoms. The van der Waals surface area contributed by atoms with Gasteiger partial charge in [-0.3, -0.25) is 4.79 Å².